The monoisotopic (exact) mass is 478 g/mol. The summed E-state index contributed by atoms with van der Waals surface area (Å²) in [6.07, 6.45) is 3.41. The Morgan fingerprint density at radius 1 is 1.50 bits per heavy atom. The summed E-state index contributed by atoms with van der Waals surface area (Å²) in [5.74, 6) is 0.638. The molecule has 0 bridgehead atoms. The highest BCUT2D eigenvalue weighted by molar-refractivity contribution is 14.0. The normalized spacial score (nSPS) is 16.8. The van der Waals surface area contributed by atoms with Gasteiger partial charge in [-0.15, -0.1) is 24.0 Å². The molecule has 1 unspecified atom stereocenters. The Hall–Kier alpha value is -1.65. The number of carbonyl (C=O) groups is 1. The van der Waals surface area contributed by atoms with Crippen LogP contribution in [-0.2, 0) is 4.79 Å². The lowest BCUT2D eigenvalue weighted by molar-refractivity contribution is -0.127. The van der Waals surface area contributed by atoms with Gasteiger partial charge in [0.1, 0.15) is 6.54 Å². The standard InChI is InChI=1S/C17H27FN6O.HI/c1-4-8-20-17(21-11-15(25)23(2)3)22-13-7-10-24(12-13)16-14(18)6-5-9-19-16;/h5-6,9,13H,4,7-8,10-12H2,1-3H3,(H2,20,21,22);1H. The van der Waals surface area contributed by atoms with Gasteiger partial charge in [-0.3, -0.25) is 4.79 Å². The summed E-state index contributed by atoms with van der Waals surface area (Å²) < 4.78 is 13.9. The van der Waals surface area contributed by atoms with Gasteiger partial charge in [-0.1, -0.05) is 6.92 Å². The molecule has 1 fully saturated rings. The second-order valence-electron chi connectivity index (χ2n) is 6.26. The first-order valence-corrected chi connectivity index (χ1v) is 8.61. The molecule has 1 aromatic heterocycles. The smallest absolute Gasteiger partial charge is 0.243 e. The van der Waals surface area contributed by atoms with Crippen LogP contribution in [0.4, 0.5) is 10.2 Å². The van der Waals surface area contributed by atoms with Crippen LogP contribution < -0.4 is 15.5 Å². The molecule has 0 spiro atoms. The van der Waals surface area contributed by atoms with Gasteiger partial charge < -0.3 is 20.4 Å². The summed E-state index contributed by atoms with van der Waals surface area (Å²) in [6, 6.07) is 3.14. The first-order chi connectivity index (χ1) is 12.0. The fourth-order valence-corrected chi connectivity index (χ4v) is 2.56. The number of hydrogen-bond acceptors (Lipinski definition) is 4. The average Bonchev–Trinajstić information content (AvgIpc) is 3.05. The van der Waals surface area contributed by atoms with Gasteiger partial charge >= 0.3 is 0 Å². The van der Waals surface area contributed by atoms with Crippen molar-refractivity contribution in [1.29, 1.82) is 0 Å². The van der Waals surface area contributed by atoms with Crippen molar-refractivity contribution in [1.82, 2.24) is 20.5 Å². The van der Waals surface area contributed by atoms with E-state index < -0.39 is 0 Å². The van der Waals surface area contributed by atoms with E-state index in [9.17, 15) is 9.18 Å². The van der Waals surface area contributed by atoms with Crippen LogP contribution in [0, 0.1) is 5.82 Å². The minimum absolute atomic E-state index is 0. The number of pyridine rings is 1. The Kier molecular flexibility index (Phi) is 9.60. The number of aromatic nitrogens is 1. The Morgan fingerprint density at radius 3 is 2.92 bits per heavy atom. The molecule has 26 heavy (non-hydrogen) atoms. The van der Waals surface area contributed by atoms with Crippen molar-refractivity contribution in [3.8, 4) is 0 Å². The van der Waals surface area contributed by atoms with E-state index in [0.717, 1.165) is 25.9 Å². The number of anilines is 1. The Morgan fingerprint density at radius 2 is 2.27 bits per heavy atom. The maximum Gasteiger partial charge on any atom is 0.243 e. The second kappa shape index (κ2) is 11.1. The molecule has 9 heteroatoms. The largest absolute Gasteiger partial charge is 0.356 e. The lowest BCUT2D eigenvalue weighted by Gasteiger charge is -2.20. The fraction of sp³-hybridized carbons (Fsp3) is 0.588. The van der Waals surface area contributed by atoms with E-state index >= 15 is 0 Å². The van der Waals surface area contributed by atoms with Crippen molar-refractivity contribution in [3.63, 3.8) is 0 Å². The van der Waals surface area contributed by atoms with Gasteiger partial charge in [0.05, 0.1) is 0 Å². The average molecular weight is 478 g/mol. The fourth-order valence-electron chi connectivity index (χ4n) is 2.56. The number of nitrogens with one attached hydrogen (secondary N) is 2. The molecule has 2 rings (SSSR count). The van der Waals surface area contributed by atoms with Gasteiger partial charge in [0, 0.05) is 46.0 Å². The van der Waals surface area contributed by atoms with Crippen LogP contribution in [0.1, 0.15) is 19.8 Å². The van der Waals surface area contributed by atoms with Gasteiger partial charge in [0.25, 0.3) is 0 Å². The van der Waals surface area contributed by atoms with Crippen molar-refractivity contribution in [2.24, 2.45) is 4.99 Å². The summed E-state index contributed by atoms with van der Waals surface area (Å²) >= 11 is 0. The van der Waals surface area contributed by atoms with Crippen molar-refractivity contribution >= 4 is 41.7 Å². The SMILES string of the molecule is CCCNC(=NCC(=O)N(C)C)NC1CCN(c2ncccc2F)C1.I. The summed E-state index contributed by atoms with van der Waals surface area (Å²) in [5, 5.41) is 6.56. The summed E-state index contributed by atoms with van der Waals surface area (Å²) in [7, 11) is 3.42. The number of likely N-dealkylation sites (N-methyl/N-ethyl adjacent to an activating group) is 1. The van der Waals surface area contributed by atoms with Crippen LogP contribution in [0.3, 0.4) is 0 Å². The summed E-state index contributed by atoms with van der Waals surface area (Å²) in [6.45, 7) is 4.30. The third-order valence-electron chi connectivity index (χ3n) is 3.98. The predicted octanol–water partition coefficient (Wildman–Crippen LogP) is 1.45. The molecule has 1 aliphatic heterocycles. The Labute approximate surface area is 171 Å². The summed E-state index contributed by atoms with van der Waals surface area (Å²) in [4.78, 5) is 23.7. The van der Waals surface area contributed by atoms with E-state index in [1.807, 2.05) is 4.90 Å². The van der Waals surface area contributed by atoms with Crippen LogP contribution in [0.5, 0.6) is 0 Å². The molecule has 0 saturated carbocycles. The molecule has 0 aromatic carbocycles. The predicted molar refractivity (Wildman–Crippen MR) is 113 cm³/mol. The maximum absolute atomic E-state index is 13.9. The van der Waals surface area contributed by atoms with Gasteiger partial charge in [0.15, 0.2) is 17.6 Å². The molecule has 1 saturated heterocycles. The number of hydrogen-bond donors (Lipinski definition) is 2. The van der Waals surface area contributed by atoms with Crippen LogP contribution >= 0.6 is 24.0 Å². The number of amides is 1. The zero-order valence-corrected chi connectivity index (χ0v) is 17.9. The molecule has 0 aliphatic carbocycles. The molecular weight excluding hydrogens is 450 g/mol. The van der Waals surface area contributed by atoms with Gasteiger partial charge in [-0.05, 0) is 25.0 Å². The van der Waals surface area contributed by atoms with E-state index in [1.165, 1.54) is 11.0 Å². The van der Waals surface area contributed by atoms with E-state index in [-0.39, 0.29) is 48.3 Å². The molecule has 1 atom stereocenters. The molecule has 2 heterocycles. The third kappa shape index (κ3) is 6.58. The zero-order valence-electron chi connectivity index (χ0n) is 15.5. The molecule has 7 nitrogen and oxygen atoms in total. The number of halogens is 2. The topological polar surface area (TPSA) is 72.9 Å². The second-order valence-corrected chi connectivity index (χ2v) is 6.26. The highest BCUT2D eigenvalue weighted by atomic mass is 127. The van der Waals surface area contributed by atoms with E-state index in [0.29, 0.717) is 18.3 Å². The van der Waals surface area contributed by atoms with Crippen LogP contribution in [0.15, 0.2) is 23.3 Å². The maximum atomic E-state index is 13.9. The van der Waals surface area contributed by atoms with Crippen molar-refractivity contribution in [2.75, 3.05) is 45.2 Å². The van der Waals surface area contributed by atoms with Gasteiger partial charge in [-0.25, -0.2) is 14.4 Å². The minimum Gasteiger partial charge on any atom is -0.356 e. The summed E-state index contributed by atoms with van der Waals surface area (Å²) in [5.41, 5.74) is 0. The molecule has 1 amide bonds. The number of nitrogens with zero attached hydrogens (tertiary/aromatic N) is 4. The van der Waals surface area contributed by atoms with Gasteiger partial charge in [-0.2, -0.15) is 0 Å². The quantitative estimate of drug-likeness (QED) is 0.368. The van der Waals surface area contributed by atoms with Crippen LogP contribution in [0.2, 0.25) is 0 Å². The first-order valence-electron chi connectivity index (χ1n) is 8.61. The van der Waals surface area contributed by atoms with E-state index in [4.69, 9.17) is 0 Å². The van der Waals surface area contributed by atoms with Crippen LogP contribution in [0.25, 0.3) is 0 Å². The van der Waals surface area contributed by atoms with E-state index in [1.54, 1.807) is 26.4 Å². The molecular formula is C17H28FIN6O. The zero-order chi connectivity index (χ0) is 18.2. The molecule has 1 aromatic rings. The van der Waals surface area contributed by atoms with Crippen molar-refractivity contribution in [3.05, 3.63) is 24.1 Å². The van der Waals surface area contributed by atoms with Crippen molar-refractivity contribution in [2.45, 2.75) is 25.8 Å². The molecule has 0 radical (unpaired) electrons. The van der Waals surface area contributed by atoms with Crippen LogP contribution in [-0.4, -0.2) is 68.1 Å². The highest BCUT2D eigenvalue weighted by Gasteiger charge is 2.26. The Bertz CT molecular complexity index is 613. The lowest BCUT2D eigenvalue weighted by Crippen LogP contribution is -2.45. The number of carbonyl (C=O) groups excluding carboxylic acids is 1. The van der Waals surface area contributed by atoms with Gasteiger partial charge in [0.2, 0.25) is 5.91 Å². The first kappa shape index (κ1) is 22.4. The van der Waals surface area contributed by atoms with Crippen molar-refractivity contribution < 1.29 is 9.18 Å². The van der Waals surface area contributed by atoms with E-state index in [2.05, 4.69) is 27.5 Å². The molecule has 1 aliphatic rings. The third-order valence-corrected chi connectivity index (χ3v) is 3.98. The molecule has 146 valence electrons. The minimum atomic E-state index is -0.308. The molecule has 2 N–H and O–H groups in total. The lowest BCUT2D eigenvalue weighted by atomic mass is 10.3. The number of guanidine groups is 1. The number of aliphatic imine (C=N–C) groups is 1. The Balaban J connectivity index is 0.00000338. The highest BCUT2D eigenvalue weighted by Crippen LogP contribution is 2.20. The number of rotatable bonds is 6.